The molecule has 0 aromatic heterocycles. The average molecular weight is 191 g/mol. The SMILES string of the molecule is CNc1cc(O)cc2c1C(C)CCC2. The van der Waals surface area contributed by atoms with Crippen LogP contribution in [0.25, 0.3) is 0 Å². The molecule has 2 heteroatoms. The third-order valence-electron chi connectivity index (χ3n) is 3.10. The van der Waals surface area contributed by atoms with Gasteiger partial charge in [0.1, 0.15) is 5.75 Å². The molecule has 0 bridgehead atoms. The molecule has 0 aliphatic heterocycles. The standard InChI is InChI=1S/C12H17NO/c1-8-4-3-5-9-6-10(14)7-11(13-2)12(8)9/h6-8,13-14H,3-5H2,1-2H3. The van der Waals surface area contributed by atoms with Crippen molar-refractivity contribution in [3.63, 3.8) is 0 Å². The van der Waals surface area contributed by atoms with Gasteiger partial charge >= 0.3 is 0 Å². The van der Waals surface area contributed by atoms with Gasteiger partial charge in [-0.2, -0.15) is 0 Å². The average Bonchev–Trinajstić information content (AvgIpc) is 2.16. The minimum atomic E-state index is 0.377. The number of phenols is 1. The molecule has 2 N–H and O–H groups in total. The quantitative estimate of drug-likeness (QED) is 0.715. The molecular formula is C12H17NO. The Hall–Kier alpha value is -1.18. The number of nitrogens with one attached hydrogen (secondary N) is 1. The largest absolute Gasteiger partial charge is 0.508 e. The highest BCUT2D eigenvalue weighted by Gasteiger charge is 2.20. The van der Waals surface area contributed by atoms with Crippen LogP contribution in [0, 0.1) is 0 Å². The van der Waals surface area contributed by atoms with Crippen LogP contribution >= 0.6 is 0 Å². The van der Waals surface area contributed by atoms with E-state index in [4.69, 9.17) is 0 Å². The van der Waals surface area contributed by atoms with E-state index in [0.29, 0.717) is 11.7 Å². The first-order chi connectivity index (χ1) is 6.72. The molecule has 1 atom stereocenters. The fourth-order valence-electron chi connectivity index (χ4n) is 2.44. The molecule has 1 aromatic carbocycles. The summed E-state index contributed by atoms with van der Waals surface area (Å²) in [6, 6.07) is 3.73. The maximum atomic E-state index is 9.55. The molecule has 1 aromatic rings. The number of anilines is 1. The van der Waals surface area contributed by atoms with Crippen LogP contribution in [0.3, 0.4) is 0 Å². The summed E-state index contributed by atoms with van der Waals surface area (Å²) in [5.41, 5.74) is 3.80. The number of phenolic OH excluding ortho intramolecular Hbond substituents is 1. The topological polar surface area (TPSA) is 32.3 Å². The Labute approximate surface area is 85.0 Å². The molecule has 0 radical (unpaired) electrons. The molecule has 76 valence electrons. The number of benzene rings is 1. The first-order valence-corrected chi connectivity index (χ1v) is 5.26. The van der Waals surface area contributed by atoms with Gasteiger partial charge in [-0.05, 0) is 42.4 Å². The number of hydrogen-bond donors (Lipinski definition) is 2. The number of rotatable bonds is 1. The molecule has 0 saturated carbocycles. The summed E-state index contributed by atoms with van der Waals surface area (Å²) in [5.74, 6) is 0.990. The molecule has 0 amide bonds. The molecule has 1 aliphatic carbocycles. The minimum absolute atomic E-state index is 0.377. The monoisotopic (exact) mass is 191 g/mol. The lowest BCUT2D eigenvalue weighted by molar-refractivity contribution is 0.472. The normalized spacial score (nSPS) is 20.3. The minimum Gasteiger partial charge on any atom is -0.508 e. The van der Waals surface area contributed by atoms with E-state index in [0.717, 1.165) is 12.1 Å². The molecule has 2 rings (SSSR count). The summed E-state index contributed by atoms with van der Waals surface area (Å²) in [4.78, 5) is 0. The van der Waals surface area contributed by atoms with E-state index in [1.54, 1.807) is 0 Å². The zero-order chi connectivity index (χ0) is 10.1. The molecule has 0 saturated heterocycles. The van der Waals surface area contributed by atoms with Crippen molar-refractivity contribution in [2.75, 3.05) is 12.4 Å². The van der Waals surface area contributed by atoms with E-state index in [1.165, 1.54) is 24.0 Å². The van der Waals surface area contributed by atoms with Gasteiger partial charge in [0.25, 0.3) is 0 Å². The van der Waals surface area contributed by atoms with Crippen molar-refractivity contribution >= 4 is 5.69 Å². The summed E-state index contributed by atoms with van der Waals surface area (Å²) < 4.78 is 0. The number of aryl methyl sites for hydroxylation is 1. The van der Waals surface area contributed by atoms with E-state index < -0.39 is 0 Å². The van der Waals surface area contributed by atoms with Gasteiger partial charge in [0.05, 0.1) is 0 Å². The summed E-state index contributed by atoms with van der Waals surface area (Å²) >= 11 is 0. The van der Waals surface area contributed by atoms with Crippen molar-refractivity contribution in [2.45, 2.75) is 32.1 Å². The van der Waals surface area contributed by atoms with Gasteiger partial charge in [-0.1, -0.05) is 6.92 Å². The molecule has 1 unspecified atom stereocenters. The first kappa shape index (κ1) is 9.38. The van der Waals surface area contributed by atoms with Crippen molar-refractivity contribution in [2.24, 2.45) is 0 Å². The lowest BCUT2D eigenvalue weighted by Gasteiger charge is -2.25. The van der Waals surface area contributed by atoms with Crippen molar-refractivity contribution < 1.29 is 5.11 Å². The van der Waals surface area contributed by atoms with Gasteiger partial charge in [0.2, 0.25) is 0 Å². The maximum absolute atomic E-state index is 9.55. The summed E-state index contributed by atoms with van der Waals surface area (Å²) in [7, 11) is 1.91. The van der Waals surface area contributed by atoms with Crippen molar-refractivity contribution in [3.8, 4) is 5.75 Å². The van der Waals surface area contributed by atoms with Crippen LogP contribution in [0.2, 0.25) is 0 Å². The van der Waals surface area contributed by atoms with Crippen molar-refractivity contribution in [1.82, 2.24) is 0 Å². The van der Waals surface area contributed by atoms with Crippen LogP contribution in [-0.4, -0.2) is 12.2 Å². The smallest absolute Gasteiger partial charge is 0.117 e. The van der Waals surface area contributed by atoms with Crippen LogP contribution in [-0.2, 0) is 6.42 Å². The second kappa shape index (κ2) is 3.52. The highest BCUT2D eigenvalue weighted by Crippen LogP contribution is 2.38. The van der Waals surface area contributed by atoms with Gasteiger partial charge in [-0.3, -0.25) is 0 Å². The highest BCUT2D eigenvalue weighted by molar-refractivity contribution is 5.60. The lowest BCUT2D eigenvalue weighted by atomic mass is 9.83. The van der Waals surface area contributed by atoms with Crippen LogP contribution in [0.5, 0.6) is 5.75 Å². The van der Waals surface area contributed by atoms with Crippen LogP contribution < -0.4 is 5.32 Å². The third kappa shape index (κ3) is 1.45. The van der Waals surface area contributed by atoms with E-state index in [1.807, 2.05) is 19.2 Å². The molecule has 0 spiro atoms. The molecule has 0 fully saturated rings. The van der Waals surface area contributed by atoms with Crippen LogP contribution in [0.15, 0.2) is 12.1 Å². The van der Waals surface area contributed by atoms with E-state index in [-0.39, 0.29) is 0 Å². The summed E-state index contributed by atoms with van der Waals surface area (Å²) in [6.45, 7) is 2.26. The van der Waals surface area contributed by atoms with Crippen molar-refractivity contribution in [1.29, 1.82) is 0 Å². The second-order valence-electron chi connectivity index (χ2n) is 4.11. The van der Waals surface area contributed by atoms with E-state index >= 15 is 0 Å². The van der Waals surface area contributed by atoms with Gasteiger partial charge in [0, 0.05) is 18.8 Å². The number of hydrogen-bond acceptors (Lipinski definition) is 2. The Morgan fingerprint density at radius 1 is 1.43 bits per heavy atom. The molecule has 1 aliphatic rings. The van der Waals surface area contributed by atoms with E-state index in [2.05, 4.69) is 12.2 Å². The molecular weight excluding hydrogens is 174 g/mol. The van der Waals surface area contributed by atoms with Gasteiger partial charge in [-0.25, -0.2) is 0 Å². The highest BCUT2D eigenvalue weighted by atomic mass is 16.3. The predicted octanol–water partition coefficient (Wildman–Crippen LogP) is 2.87. The Morgan fingerprint density at radius 3 is 2.93 bits per heavy atom. The summed E-state index contributed by atoms with van der Waals surface area (Å²) in [6.07, 6.45) is 3.59. The van der Waals surface area contributed by atoms with Gasteiger partial charge < -0.3 is 10.4 Å². The number of aromatic hydroxyl groups is 1. The van der Waals surface area contributed by atoms with Crippen molar-refractivity contribution in [3.05, 3.63) is 23.3 Å². The van der Waals surface area contributed by atoms with Crippen LogP contribution in [0.4, 0.5) is 5.69 Å². The van der Waals surface area contributed by atoms with Crippen LogP contribution in [0.1, 0.15) is 36.8 Å². The molecule has 14 heavy (non-hydrogen) atoms. The molecule has 2 nitrogen and oxygen atoms in total. The zero-order valence-electron chi connectivity index (χ0n) is 8.80. The molecule has 0 heterocycles. The Bertz CT molecular complexity index is 329. The third-order valence-corrected chi connectivity index (χ3v) is 3.10. The van der Waals surface area contributed by atoms with E-state index in [9.17, 15) is 5.11 Å². The number of fused-ring (bicyclic) bond motifs is 1. The Kier molecular flexibility index (Phi) is 2.36. The summed E-state index contributed by atoms with van der Waals surface area (Å²) in [5, 5.41) is 12.7. The van der Waals surface area contributed by atoms with Gasteiger partial charge in [-0.15, -0.1) is 0 Å². The Morgan fingerprint density at radius 2 is 2.21 bits per heavy atom. The van der Waals surface area contributed by atoms with Gasteiger partial charge in [0.15, 0.2) is 0 Å². The predicted molar refractivity (Wildman–Crippen MR) is 59.0 cm³/mol. The fourth-order valence-corrected chi connectivity index (χ4v) is 2.44. The lowest BCUT2D eigenvalue weighted by Crippen LogP contribution is -2.09. The Balaban J connectivity index is 2.55. The zero-order valence-corrected chi connectivity index (χ0v) is 8.80. The second-order valence-corrected chi connectivity index (χ2v) is 4.11. The fraction of sp³-hybridized carbons (Fsp3) is 0.500. The maximum Gasteiger partial charge on any atom is 0.117 e. The first-order valence-electron chi connectivity index (χ1n) is 5.26.